The Kier molecular flexibility index (Phi) is 9.39. The van der Waals surface area contributed by atoms with E-state index in [0.717, 1.165) is 0 Å². The van der Waals surface area contributed by atoms with E-state index in [4.69, 9.17) is 46.4 Å². The molecule has 0 spiro atoms. The lowest BCUT2D eigenvalue weighted by atomic mass is 10.2. The van der Waals surface area contributed by atoms with Crippen molar-refractivity contribution in [1.82, 2.24) is 21.7 Å². The summed E-state index contributed by atoms with van der Waals surface area (Å²) in [4.78, 5) is 47.6. The van der Waals surface area contributed by atoms with Crippen molar-refractivity contribution in [3.8, 4) is 0 Å². The maximum absolute atomic E-state index is 12.0. The first-order valence-corrected chi connectivity index (χ1v) is 10.3. The van der Waals surface area contributed by atoms with E-state index >= 15 is 0 Å². The average Bonchev–Trinajstić information content (AvgIpc) is 2.70. The van der Waals surface area contributed by atoms with Crippen LogP contribution in [0.4, 0.5) is 0 Å². The van der Waals surface area contributed by atoms with Gasteiger partial charge in [0.15, 0.2) is 0 Å². The molecule has 4 amide bonds. The van der Waals surface area contributed by atoms with Crippen molar-refractivity contribution in [3.05, 3.63) is 67.6 Å². The van der Waals surface area contributed by atoms with Crippen LogP contribution in [0.15, 0.2) is 36.4 Å². The van der Waals surface area contributed by atoms with Gasteiger partial charge in [-0.2, -0.15) is 0 Å². The number of nitrogens with one attached hydrogen (secondary N) is 4. The molecule has 2 aromatic rings. The third-order valence-electron chi connectivity index (χ3n) is 3.79. The van der Waals surface area contributed by atoms with Gasteiger partial charge in [0.25, 0.3) is 11.8 Å². The van der Waals surface area contributed by atoms with E-state index in [1.165, 1.54) is 36.4 Å². The third kappa shape index (κ3) is 7.91. The molecule has 0 aliphatic carbocycles. The highest BCUT2D eigenvalue weighted by Crippen LogP contribution is 2.21. The van der Waals surface area contributed by atoms with E-state index in [9.17, 15) is 19.2 Å². The third-order valence-corrected chi connectivity index (χ3v) is 4.89. The van der Waals surface area contributed by atoms with Gasteiger partial charge in [0.05, 0.1) is 21.2 Å². The number of hydrogen-bond donors (Lipinski definition) is 4. The van der Waals surface area contributed by atoms with Crippen molar-refractivity contribution in [2.75, 3.05) is 0 Å². The first-order chi connectivity index (χ1) is 14.7. The van der Waals surface area contributed by atoms with Crippen LogP contribution in [0.5, 0.6) is 0 Å². The highest BCUT2D eigenvalue weighted by atomic mass is 35.5. The Morgan fingerprint density at radius 1 is 0.613 bits per heavy atom. The topological polar surface area (TPSA) is 116 Å². The molecule has 0 radical (unpaired) electrons. The Balaban J connectivity index is 1.67. The SMILES string of the molecule is O=C(CCCC(=O)NNC(=O)c1ccc(Cl)cc1Cl)NNC(=O)c1ccc(Cl)cc1Cl. The fourth-order valence-corrected chi connectivity index (χ4v) is 3.26. The molecular formula is C19H16Cl4N4O4. The molecule has 4 N–H and O–H groups in total. The molecule has 0 saturated heterocycles. The second-order valence-electron chi connectivity index (χ2n) is 6.11. The van der Waals surface area contributed by atoms with Gasteiger partial charge in [-0.1, -0.05) is 46.4 Å². The number of hydrogen-bond acceptors (Lipinski definition) is 4. The van der Waals surface area contributed by atoms with E-state index < -0.39 is 23.6 Å². The number of amides is 4. The highest BCUT2D eigenvalue weighted by Gasteiger charge is 2.13. The summed E-state index contributed by atoms with van der Waals surface area (Å²) < 4.78 is 0. The van der Waals surface area contributed by atoms with Crippen molar-refractivity contribution in [2.45, 2.75) is 19.3 Å². The van der Waals surface area contributed by atoms with Gasteiger partial charge in [-0.15, -0.1) is 0 Å². The Morgan fingerprint density at radius 3 is 1.35 bits per heavy atom. The second kappa shape index (κ2) is 11.8. The monoisotopic (exact) mass is 504 g/mol. The largest absolute Gasteiger partial charge is 0.273 e. The molecule has 0 heterocycles. The normalized spacial score (nSPS) is 10.2. The van der Waals surface area contributed by atoms with Crippen LogP contribution in [0, 0.1) is 0 Å². The predicted molar refractivity (Wildman–Crippen MR) is 118 cm³/mol. The van der Waals surface area contributed by atoms with Crippen molar-refractivity contribution < 1.29 is 19.2 Å². The molecule has 0 atom stereocenters. The standard InChI is InChI=1S/C19H16Cl4N4O4/c20-10-4-6-12(14(22)8-10)18(30)26-24-16(28)2-1-3-17(29)25-27-19(31)13-7-5-11(21)9-15(13)23/h4-9H,1-3H2,(H,24,28)(H,25,29)(H,26,30)(H,27,31). The fraction of sp³-hybridized carbons (Fsp3) is 0.158. The molecule has 8 nitrogen and oxygen atoms in total. The molecule has 0 aromatic heterocycles. The first-order valence-electron chi connectivity index (χ1n) is 8.76. The van der Waals surface area contributed by atoms with Crippen molar-refractivity contribution in [3.63, 3.8) is 0 Å². The van der Waals surface area contributed by atoms with Crippen LogP contribution in [0.2, 0.25) is 20.1 Å². The summed E-state index contributed by atoms with van der Waals surface area (Å²) in [5.41, 5.74) is 9.16. The van der Waals surface area contributed by atoms with Crippen molar-refractivity contribution >= 4 is 70.0 Å². The van der Waals surface area contributed by atoms with Crippen LogP contribution in [0.3, 0.4) is 0 Å². The van der Waals surface area contributed by atoms with Gasteiger partial charge in [-0.25, -0.2) is 0 Å². The molecule has 2 rings (SSSR count). The minimum atomic E-state index is -0.615. The Morgan fingerprint density at radius 2 is 1.00 bits per heavy atom. The van der Waals surface area contributed by atoms with Crippen LogP contribution in [0.25, 0.3) is 0 Å². The van der Waals surface area contributed by atoms with Gasteiger partial charge < -0.3 is 0 Å². The maximum atomic E-state index is 12.0. The van der Waals surface area contributed by atoms with Crippen LogP contribution in [-0.2, 0) is 9.59 Å². The fourth-order valence-electron chi connectivity index (χ4n) is 2.27. The van der Waals surface area contributed by atoms with Crippen LogP contribution in [-0.4, -0.2) is 23.6 Å². The molecule has 164 valence electrons. The minimum absolute atomic E-state index is 0.0426. The van der Waals surface area contributed by atoms with Gasteiger partial charge >= 0.3 is 0 Å². The number of carbonyl (C=O) groups is 4. The van der Waals surface area contributed by atoms with Gasteiger partial charge in [0, 0.05) is 22.9 Å². The molecular weight excluding hydrogens is 490 g/mol. The van der Waals surface area contributed by atoms with E-state index in [2.05, 4.69) is 21.7 Å². The molecule has 0 aliphatic rings. The van der Waals surface area contributed by atoms with Crippen molar-refractivity contribution in [2.24, 2.45) is 0 Å². The quantitative estimate of drug-likeness (QED) is 0.448. The van der Waals surface area contributed by atoms with Gasteiger partial charge in [0.2, 0.25) is 11.8 Å². The summed E-state index contributed by atoms with van der Waals surface area (Å²) in [5.74, 6) is -2.25. The number of rotatable bonds is 6. The lowest BCUT2D eigenvalue weighted by molar-refractivity contribution is -0.123. The first kappa shape index (κ1) is 24.7. The predicted octanol–water partition coefficient (Wildman–Crippen LogP) is 3.69. The molecule has 0 bridgehead atoms. The summed E-state index contributed by atoms with van der Waals surface area (Å²) in [7, 11) is 0. The van der Waals surface area contributed by atoms with Crippen LogP contribution >= 0.6 is 46.4 Å². The van der Waals surface area contributed by atoms with E-state index in [1.807, 2.05) is 0 Å². The lowest BCUT2D eigenvalue weighted by Crippen LogP contribution is -2.42. The summed E-state index contributed by atoms with van der Waals surface area (Å²) in [6.07, 6.45) is 0.0881. The lowest BCUT2D eigenvalue weighted by Gasteiger charge is -2.10. The zero-order valence-corrected chi connectivity index (χ0v) is 18.8. The molecule has 12 heteroatoms. The van der Waals surface area contributed by atoms with E-state index in [-0.39, 0.29) is 40.4 Å². The second-order valence-corrected chi connectivity index (χ2v) is 7.79. The average molecular weight is 506 g/mol. The summed E-state index contributed by atoms with van der Waals surface area (Å²) in [5, 5.41) is 1.02. The minimum Gasteiger partial charge on any atom is -0.273 e. The summed E-state index contributed by atoms with van der Waals surface area (Å²) >= 11 is 23.4. The van der Waals surface area contributed by atoms with Crippen LogP contribution < -0.4 is 21.7 Å². The van der Waals surface area contributed by atoms with Crippen molar-refractivity contribution in [1.29, 1.82) is 0 Å². The Hall–Kier alpha value is -2.52. The Labute approximate surface area is 197 Å². The molecule has 0 fully saturated rings. The van der Waals surface area contributed by atoms with Gasteiger partial charge in [0.1, 0.15) is 0 Å². The summed E-state index contributed by atoms with van der Waals surface area (Å²) in [6.45, 7) is 0. The van der Waals surface area contributed by atoms with Gasteiger partial charge in [-0.05, 0) is 42.8 Å². The van der Waals surface area contributed by atoms with E-state index in [0.29, 0.717) is 10.0 Å². The van der Waals surface area contributed by atoms with E-state index in [1.54, 1.807) is 0 Å². The molecule has 31 heavy (non-hydrogen) atoms. The van der Waals surface area contributed by atoms with Gasteiger partial charge in [-0.3, -0.25) is 40.9 Å². The maximum Gasteiger partial charge on any atom is 0.271 e. The smallest absolute Gasteiger partial charge is 0.271 e. The molecule has 0 unspecified atom stereocenters. The molecule has 0 saturated carbocycles. The zero-order valence-electron chi connectivity index (χ0n) is 15.7. The summed E-state index contributed by atoms with van der Waals surface area (Å²) in [6, 6.07) is 8.62. The highest BCUT2D eigenvalue weighted by molar-refractivity contribution is 6.37. The van der Waals surface area contributed by atoms with Crippen LogP contribution in [0.1, 0.15) is 40.0 Å². The Bertz CT molecular complexity index is 937. The number of hydrazine groups is 2. The number of halogens is 4. The number of benzene rings is 2. The zero-order chi connectivity index (χ0) is 23.0. The molecule has 0 aliphatic heterocycles. The molecule has 2 aromatic carbocycles. The number of carbonyl (C=O) groups excluding carboxylic acids is 4.